The second-order valence-corrected chi connectivity index (χ2v) is 6.11. The van der Waals surface area contributed by atoms with Crippen LogP contribution >= 0.6 is 0 Å². The second kappa shape index (κ2) is 6.09. The van der Waals surface area contributed by atoms with Crippen LogP contribution in [0, 0.1) is 13.8 Å². The number of nitrogens with zero attached hydrogens (tertiary/aromatic N) is 1. The largest absolute Gasteiger partial charge is 0.454 e. The van der Waals surface area contributed by atoms with Gasteiger partial charge in [0.25, 0.3) is 0 Å². The molecule has 0 spiro atoms. The summed E-state index contributed by atoms with van der Waals surface area (Å²) in [5, 5.41) is 4.00. The van der Waals surface area contributed by atoms with E-state index in [1.54, 1.807) is 12.1 Å². The summed E-state index contributed by atoms with van der Waals surface area (Å²) >= 11 is 0. The van der Waals surface area contributed by atoms with Crippen molar-refractivity contribution >= 4 is 22.5 Å². The lowest BCUT2D eigenvalue weighted by atomic mass is 9.99. The van der Waals surface area contributed by atoms with Gasteiger partial charge >= 0.3 is 0 Å². The number of aromatic nitrogens is 1. The SMILES string of the molecule is Cc1nc2ccccc2c(C)c1CC(=O)Nc1ccc2c(c1)OCO2. The quantitative estimate of drug-likeness (QED) is 0.792. The third kappa shape index (κ3) is 2.89. The normalized spacial score (nSPS) is 12.4. The maximum Gasteiger partial charge on any atom is 0.231 e. The molecule has 0 radical (unpaired) electrons. The molecule has 2 aromatic carbocycles. The lowest BCUT2D eigenvalue weighted by molar-refractivity contribution is -0.115. The van der Waals surface area contributed by atoms with E-state index >= 15 is 0 Å². The molecule has 4 rings (SSSR count). The van der Waals surface area contributed by atoms with Gasteiger partial charge in [-0.25, -0.2) is 0 Å². The number of para-hydroxylation sites is 1. The van der Waals surface area contributed by atoms with Crippen LogP contribution in [0.3, 0.4) is 0 Å². The predicted molar refractivity (Wildman–Crippen MR) is 96.1 cm³/mol. The Balaban J connectivity index is 1.57. The molecule has 5 heteroatoms. The van der Waals surface area contributed by atoms with Gasteiger partial charge in [-0.05, 0) is 43.2 Å². The summed E-state index contributed by atoms with van der Waals surface area (Å²) in [4.78, 5) is 17.1. The van der Waals surface area contributed by atoms with Crippen LogP contribution < -0.4 is 14.8 Å². The molecule has 0 fully saturated rings. The Bertz CT molecular complexity index is 982. The minimum absolute atomic E-state index is 0.0813. The van der Waals surface area contributed by atoms with Crippen LogP contribution in [0.25, 0.3) is 10.9 Å². The standard InChI is InChI=1S/C20H18N2O3/c1-12-15-5-3-4-6-17(15)21-13(2)16(12)10-20(23)22-14-7-8-18-19(9-14)25-11-24-18/h3-9H,10-11H2,1-2H3,(H,22,23). The first kappa shape index (κ1) is 15.4. The van der Waals surface area contributed by atoms with Crippen molar-refractivity contribution in [2.45, 2.75) is 20.3 Å². The summed E-state index contributed by atoms with van der Waals surface area (Å²) in [6.45, 7) is 4.21. The van der Waals surface area contributed by atoms with Crippen molar-refractivity contribution in [2.75, 3.05) is 12.1 Å². The van der Waals surface area contributed by atoms with Gasteiger partial charge in [0.1, 0.15) is 0 Å². The number of anilines is 1. The molecule has 0 aliphatic carbocycles. The van der Waals surface area contributed by atoms with E-state index in [4.69, 9.17) is 9.47 Å². The highest BCUT2D eigenvalue weighted by molar-refractivity contribution is 5.94. The summed E-state index contributed by atoms with van der Waals surface area (Å²) in [6.07, 6.45) is 0.282. The van der Waals surface area contributed by atoms with Gasteiger partial charge in [0.15, 0.2) is 11.5 Å². The van der Waals surface area contributed by atoms with Crippen molar-refractivity contribution in [1.82, 2.24) is 4.98 Å². The molecular weight excluding hydrogens is 316 g/mol. The highest BCUT2D eigenvalue weighted by atomic mass is 16.7. The predicted octanol–water partition coefficient (Wildman–Crippen LogP) is 3.76. The van der Waals surface area contributed by atoms with Gasteiger partial charge in [0.05, 0.1) is 11.9 Å². The minimum Gasteiger partial charge on any atom is -0.454 e. The first-order chi connectivity index (χ1) is 12.1. The lowest BCUT2D eigenvalue weighted by Crippen LogP contribution is -2.16. The number of nitrogens with one attached hydrogen (secondary N) is 1. The summed E-state index contributed by atoms with van der Waals surface area (Å²) in [5.74, 6) is 1.27. The van der Waals surface area contributed by atoms with Gasteiger partial charge in [-0.2, -0.15) is 0 Å². The zero-order valence-electron chi connectivity index (χ0n) is 14.1. The lowest BCUT2D eigenvalue weighted by Gasteiger charge is -2.13. The number of hydrogen-bond acceptors (Lipinski definition) is 4. The van der Waals surface area contributed by atoms with Crippen LogP contribution in [0.1, 0.15) is 16.8 Å². The van der Waals surface area contributed by atoms with Crippen molar-refractivity contribution in [3.63, 3.8) is 0 Å². The highest BCUT2D eigenvalue weighted by Gasteiger charge is 2.16. The number of rotatable bonds is 3. The van der Waals surface area contributed by atoms with Crippen molar-refractivity contribution in [3.8, 4) is 11.5 Å². The Morgan fingerprint density at radius 3 is 2.80 bits per heavy atom. The first-order valence-corrected chi connectivity index (χ1v) is 8.16. The fourth-order valence-corrected chi connectivity index (χ4v) is 3.17. The maximum absolute atomic E-state index is 12.5. The summed E-state index contributed by atoms with van der Waals surface area (Å²) in [5.41, 5.74) is 4.61. The van der Waals surface area contributed by atoms with Crippen LogP contribution in [-0.2, 0) is 11.2 Å². The van der Waals surface area contributed by atoms with E-state index in [1.807, 2.05) is 44.2 Å². The number of hydrogen-bond donors (Lipinski definition) is 1. The van der Waals surface area contributed by atoms with Crippen molar-refractivity contribution in [1.29, 1.82) is 0 Å². The van der Waals surface area contributed by atoms with E-state index in [0.29, 0.717) is 17.2 Å². The topological polar surface area (TPSA) is 60.5 Å². The van der Waals surface area contributed by atoms with Crippen molar-refractivity contribution < 1.29 is 14.3 Å². The molecule has 1 N–H and O–H groups in total. The molecule has 0 saturated heterocycles. The molecule has 0 atom stereocenters. The summed E-state index contributed by atoms with van der Waals surface area (Å²) in [7, 11) is 0. The molecule has 2 heterocycles. The number of aryl methyl sites for hydroxylation is 2. The minimum atomic E-state index is -0.0813. The van der Waals surface area contributed by atoms with E-state index in [2.05, 4.69) is 10.3 Å². The number of carbonyl (C=O) groups excluding carboxylic acids is 1. The molecule has 25 heavy (non-hydrogen) atoms. The highest BCUT2D eigenvalue weighted by Crippen LogP contribution is 2.34. The van der Waals surface area contributed by atoms with E-state index in [9.17, 15) is 4.79 Å². The van der Waals surface area contributed by atoms with E-state index < -0.39 is 0 Å². The van der Waals surface area contributed by atoms with Gasteiger partial charge in [0, 0.05) is 22.8 Å². The van der Waals surface area contributed by atoms with Crippen LogP contribution in [0.4, 0.5) is 5.69 Å². The second-order valence-electron chi connectivity index (χ2n) is 6.11. The molecule has 0 unspecified atom stereocenters. The summed E-state index contributed by atoms with van der Waals surface area (Å²) < 4.78 is 10.6. The van der Waals surface area contributed by atoms with Crippen molar-refractivity contribution in [2.24, 2.45) is 0 Å². The van der Waals surface area contributed by atoms with E-state index in [0.717, 1.165) is 27.7 Å². The Morgan fingerprint density at radius 1 is 1.12 bits per heavy atom. The Morgan fingerprint density at radius 2 is 1.92 bits per heavy atom. The average Bonchev–Trinajstić information content (AvgIpc) is 3.06. The third-order valence-electron chi connectivity index (χ3n) is 4.48. The Hall–Kier alpha value is -3.08. The number of carbonyl (C=O) groups is 1. The molecule has 3 aromatic rings. The maximum atomic E-state index is 12.5. The van der Waals surface area contributed by atoms with Gasteiger partial charge < -0.3 is 14.8 Å². The number of pyridine rings is 1. The molecule has 0 bridgehead atoms. The van der Waals surface area contributed by atoms with Gasteiger partial charge in [-0.3, -0.25) is 9.78 Å². The number of ether oxygens (including phenoxy) is 2. The number of benzene rings is 2. The van der Waals surface area contributed by atoms with Crippen LogP contribution in [0.15, 0.2) is 42.5 Å². The van der Waals surface area contributed by atoms with Gasteiger partial charge in [-0.15, -0.1) is 0 Å². The molecular formula is C20H18N2O3. The van der Waals surface area contributed by atoms with Crippen LogP contribution in [-0.4, -0.2) is 17.7 Å². The zero-order chi connectivity index (χ0) is 17.4. The molecule has 1 amide bonds. The first-order valence-electron chi connectivity index (χ1n) is 8.16. The fraction of sp³-hybridized carbons (Fsp3) is 0.200. The van der Waals surface area contributed by atoms with Crippen LogP contribution in [0.5, 0.6) is 11.5 Å². The monoisotopic (exact) mass is 334 g/mol. The molecule has 126 valence electrons. The smallest absolute Gasteiger partial charge is 0.231 e. The molecule has 1 aliphatic rings. The van der Waals surface area contributed by atoms with Gasteiger partial charge in [-0.1, -0.05) is 18.2 Å². The van der Waals surface area contributed by atoms with Crippen molar-refractivity contribution in [3.05, 3.63) is 59.3 Å². The van der Waals surface area contributed by atoms with Gasteiger partial charge in [0.2, 0.25) is 12.7 Å². The molecule has 5 nitrogen and oxygen atoms in total. The Labute approximate surface area is 145 Å². The third-order valence-corrected chi connectivity index (χ3v) is 4.48. The molecule has 1 aromatic heterocycles. The fourth-order valence-electron chi connectivity index (χ4n) is 3.17. The number of amides is 1. The zero-order valence-corrected chi connectivity index (χ0v) is 14.1. The van der Waals surface area contributed by atoms with Crippen LogP contribution in [0.2, 0.25) is 0 Å². The van der Waals surface area contributed by atoms with E-state index in [1.165, 1.54) is 0 Å². The summed E-state index contributed by atoms with van der Waals surface area (Å²) in [6, 6.07) is 13.4. The molecule has 0 saturated carbocycles. The average molecular weight is 334 g/mol. The Kier molecular flexibility index (Phi) is 3.76. The molecule has 1 aliphatic heterocycles. The van der Waals surface area contributed by atoms with E-state index in [-0.39, 0.29) is 19.1 Å². The number of fused-ring (bicyclic) bond motifs is 2.